The van der Waals surface area contributed by atoms with Gasteiger partial charge in [-0.1, -0.05) is 48.5 Å². The van der Waals surface area contributed by atoms with E-state index in [2.05, 4.69) is 5.32 Å². The smallest absolute Gasteiger partial charge is 0.339 e. The molecule has 3 aromatic rings. The van der Waals surface area contributed by atoms with E-state index < -0.39 is 23.8 Å². The van der Waals surface area contributed by atoms with Crippen molar-refractivity contribution in [2.75, 3.05) is 5.32 Å². The number of nitrogens with one attached hydrogen (secondary N) is 1. The molecule has 0 radical (unpaired) electrons. The molecule has 0 heterocycles. The number of esters is 1. The fourth-order valence-electron chi connectivity index (χ4n) is 2.39. The van der Waals surface area contributed by atoms with E-state index in [9.17, 15) is 14.0 Å². The van der Waals surface area contributed by atoms with E-state index in [0.29, 0.717) is 16.8 Å². The van der Waals surface area contributed by atoms with Crippen molar-refractivity contribution in [2.45, 2.75) is 6.10 Å². The van der Waals surface area contributed by atoms with Crippen molar-refractivity contribution in [1.29, 1.82) is 0 Å². The van der Waals surface area contributed by atoms with Crippen LogP contribution in [-0.4, -0.2) is 11.9 Å². The highest BCUT2D eigenvalue weighted by molar-refractivity contribution is 5.98. The second-order valence-electron chi connectivity index (χ2n) is 5.56. The first kappa shape index (κ1) is 17.4. The molecule has 3 aromatic carbocycles. The second kappa shape index (κ2) is 8.07. The summed E-state index contributed by atoms with van der Waals surface area (Å²) in [5.41, 5.74) is 1.30. The number of carbonyl (C=O) groups is 2. The van der Waals surface area contributed by atoms with Crippen molar-refractivity contribution in [3.05, 3.63) is 102 Å². The Kier molecular flexibility index (Phi) is 5.39. The zero-order chi connectivity index (χ0) is 18.4. The van der Waals surface area contributed by atoms with Gasteiger partial charge in [0.05, 0.1) is 5.56 Å². The van der Waals surface area contributed by atoms with Crippen LogP contribution in [0.5, 0.6) is 0 Å². The van der Waals surface area contributed by atoms with E-state index in [1.807, 2.05) is 0 Å². The first-order chi connectivity index (χ1) is 12.6. The summed E-state index contributed by atoms with van der Waals surface area (Å²) in [6, 6.07) is 22.5. The highest BCUT2D eigenvalue weighted by atomic mass is 19.1. The van der Waals surface area contributed by atoms with Crippen LogP contribution in [0, 0.1) is 5.82 Å². The summed E-state index contributed by atoms with van der Waals surface area (Å²) in [6.45, 7) is 0. The summed E-state index contributed by atoms with van der Waals surface area (Å²) in [5.74, 6) is -1.53. The SMILES string of the molecule is O=C(O[C@H](C(=O)Nc1ccc(F)cc1)c1ccccc1)c1ccccc1. The first-order valence-corrected chi connectivity index (χ1v) is 8.01. The standard InChI is InChI=1S/C21H16FNO3/c22-17-11-13-18(14-12-17)23-20(24)19(15-7-3-1-4-8-15)26-21(25)16-9-5-2-6-10-16/h1-14,19H,(H,23,24)/t19-/m0/s1. The molecule has 0 aliphatic carbocycles. The molecule has 5 heteroatoms. The van der Waals surface area contributed by atoms with Crippen LogP contribution in [0.25, 0.3) is 0 Å². The highest BCUT2D eigenvalue weighted by Gasteiger charge is 2.25. The van der Waals surface area contributed by atoms with Gasteiger partial charge in [-0.2, -0.15) is 0 Å². The number of halogens is 1. The van der Waals surface area contributed by atoms with Crippen LogP contribution in [0.15, 0.2) is 84.9 Å². The predicted octanol–water partition coefficient (Wildman–Crippen LogP) is 4.36. The van der Waals surface area contributed by atoms with Gasteiger partial charge >= 0.3 is 5.97 Å². The lowest BCUT2D eigenvalue weighted by Gasteiger charge is -2.18. The number of rotatable bonds is 5. The Bertz CT molecular complexity index is 880. The minimum atomic E-state index is -1.13. The van der Waals surface area contributed by atoms with Crippen LogP contribution in [0.4, 0.5) is 10.1 Å². The molecule has 1 amide bonds. The predicted molar refractivity (Wildman–Crippen MR) is 96.1 cm³/mol. The van der Waals surface area contributed by atoms with Crippen molar-refractivity contribution < 1.29 is 18.7 Å². The second-order valence-corrected chi connectivity index (χ2v) is 5.56. The number of ether oxygens (including phenoxy) is 1. The van der Waals surface area contributed by atoms with Crippen LogP contribution in [0.3, 0.4) is 0 Å². The Morgan fingerprint density at radius 1 is 0.808 bits per heavy atom. The van der Waals surface area contributed by atoms with Crippen molar-refractivity contribution in [1.82, 2.24) is 0 Å². The van der Waals surface area contributed by atoms with Gasteiger partial charge in [0, 0.05) is 11.3 Å². The number of anilines is 1. The number of benzene rings is 3. The van der Waals surface area contributed by atoms with Gasteiger partial charge in [-0.15, -0.1) is 0 Å². The zero-order valence-electron chi connectivity index (χ0n) is 13.8. The minimum Gasteiger partial charge on any atom is -0.444 e. The number of hydrogen-bond donors (Lipinski definition) is 1. The Morgan fingerprint density at radius 2 is 1.38 bits per heavy atom. The van der Waals surface area contributed by atoms with E-state index in [-0.39, 0.29) is 0 Å². The molecule has 1 atom stereocenters. The molecule has 26 heavy (non-hydrogen) atoms. The average molecular weight is 349 g/mol. The van der Waals surface area contributed by atoms with E-state index in [1.54, 1.807) is 60.7 Å². The Morgan fingerprint density at radius 3 is 2.00 bits per heavy atom. The molecule has 0 bridgehead atoms. The van der Waals surface area contributed by atoms with Gasteiger partial charge in [-0.05, 0) is 36.4 Å². The molecule has 0 fully saturated rings. The fraction of sp³-hybridized carbons (Fsp3) is 0.0476. The van der Waals surface area contributed by atoms with Gasteiger partial charge in [0.1, 0.15) is 5.82 Å². The van der Waals surface area contributed by atoms with E-state index in [4.69, 9.17) is 4.74 Å². The van der Waals surface area contributed by atoms with E-state index in [0.717, 1.165) is 0 Å². The number of hydrogen-bond acceptors (Lipinski definition) is 3. The zero-order valence-corrected chi connectivity index (χ0v) is 13.8. The summed E-state index contributed by atoms with van der Waals surface area (Å²) in [7, 11) is 0. The topological polar surface area (TPSA) is 55.4 Å². The molecule has 0 aromatic heterocycles. The van der Waals surface area contributed by atoms with Crippen LogP contribution >= 0.6 is 0 Å². The molecule has 3 rings (SSSR count). The van der Waals surface area contributed by atoms with Gasteiger partial charge < -0.3 is 10.1 Å². The van der Waals surface area contributed by atoms with Gasteiger partial charge in [0.15, 0.2) is 0 Å². The Labute approximate surface area is 150 Å². The van der Waals surface area contributed by atoms with Crippen molar-refractivity contribution in [3.63, 3.8) is 0 Å². The molecule has 0 aliphatic heterocycles. The molecule has 130 valence electrons. The maximum Gasteiger partial charge on any atom is 0.339 e. The summed E-state index contributed by atoms with van der Waals surface area (Å²) in [5, 5.41) is 2.64. The third-order valence-electron chi connectivity index (χ3n) is 3.69. The number of carbonyl (C=O) groups excluding carboxylic acids is 2. The molecule has 0 spiro atoms. The molecule has 4 nitrogen and oxygen atoms in total. The van der Waals surface area contributed by atoms with Gasteiger partial charge in [-0.3, -0.25) is 4.79 Å². The minimum absolute atomic E-state index is 0.350. The van der Waals surface area contributed by atoms with E-state index in [1.165, 1.54) is 24.3 Å². The van der Waals surface area contributed by atoms with Crippen molar-refractivity contribution >= 4 is 17.6 Å². The highest BCUT2D eigenvalue weighted by Crippen LogP contribution is 2.22. The number of amides is 1. The molecular weight excluding hydrogens is 333 g/mol. The summed E-state index contributed by atoms with van der Waals surface area (Å²) in [4.78, 5) is 25.1. The molecule has 0 saturated carbocycles. The maximum atomic E-state index is 13.0. The summed E-state index contributed by atoms with van der Waals surface area (Å²) < 4.78 is 18.5. The van der Waals surface area contributed by atoms with Crippen LogP contribution < -0.4 is 5.32 Å². The van der Waals surface area contributed by atoms with Crippen LogP contribution in [-0.2, 0) is 9.53 Å². The average Bonchev–Trinajstić information content (AvgIpc) is 2.69. The third-order valence-corrected chi connectivity index (χ3v) is 3.69. The first-order valence-electron chi connectivity index (χ1n) is 8.01. The lowest BCUT2D eigenvalue weighted by atomic mass is 10.1. The van der Waals surface area contributed by atoms with E-state index >= 15 is 0 Å². The lowest BCUT2D eigenvalue weighted by molar-refractivity contribution is -0.125. The van der Waals surface area contributed by atoms with Crippen LogP contribution in [0.1, 0.15) is 22.0 Å². The lowest BCUT2D eigenvalue weighted by Crippen LogP contribution is -2.26. The normalized spacial score (nSPS) is 11.4. The Hall–Kier alpha value is -3.47. The molecule has 1 N–H and O–H groups in total. The molecule has 0 aliphatic rings. The molecule has 0 unspecified atom stereocenters. The summed E-state index contributed by atoms with van der Waals surface area (Å²) in [6.07, 6.45) is -1.13. The monoisotopic (exact) mass is 349 g/mol. The summed E-state index contributed by atoms with van der Waals surface area (Å²) >= 11 is 0. The Balaban J connectivity index is 1.82. The van der Waals surface area contributed by atoms with Crippen LogP contribution in [0.2, 0.25) is 0 Å². The third kappa shape index (κ3) is 4.33. The quantitative estimate of drug-likeness (QED) is 0.696. The van der Waals surface area contributed by atoms with Gasteiger partial charge in [0.25, 0.3) is 5.91 Å². The van der Waals surface area contributed by atoms with Crippen molar-refractivity contribution in [2.24, 2.45) is 0 Å². The molecule has 0 saturated heterocycles. The van der Waals surface area contributed by atoms with Crippen molar-refractivity contribution in [3.8, 4) is 0 Å². The largest absolute Gasteiger partial charge is 0.444 e. The van der Waals surface area contributed by atoms with Gasteiger partial charge in [-0.25, -0.2) is 9.18 Å². The maximum absolute atomic E-state index is 13.0. The van der Waals surface area contributed by atoms with Gasteiger partial charge in [0.2, 0.25) is 6.10 Å². The molecular formula is C21H16FNO3. The fourth-order valence-corrected chi connectivity index (χ4v) is 2.39.